The molecule has 128 valence electrons. The molecule has 1 saturated heterocycles. The van der Waals surface area contributed by atoms with Gasteiger partial charge in [0.05, 0.1) is 18.3 Å². The first kappa shape index (κ1) is 16.7. The van der Waals surface area contributed by atoms with Gasteiger partial charge in [-0.05, 0) is 32.0 Å². The molecule has 0 radical (unpaired) electrons. The van der Waals surface area contributed by atoms with Gasteiger partial charge in [-0.2, -0.15) is 0 Å². The molecule has 1 fully saturated rings. The summed E-state index contributed by atoms with van der Waals surface area (Å²) < 4.78 is 5.52. The molecule has 2 heterocycles. The van der Waals surface area contributed by atoms with Crippen molar-refractivity contribution >= 4 is 5.91 Å². The molecule has 6 heteroatoms. The van der Waals surface area contributed by atoms with Crippen molar-refractivity contribution in [3.05, 3.63) is 42.3 Å². The van der Waals surface area contributed by atoms with Gasteiger partial charge in [0.25, 0.3) is 0 Å². The Morgan fingerprint density at radius 3 is 2.75 bits per heavy atom. The maximum atomic E-state index is 12.3. The SMILES string of the molecule is CN(CC(=O)N1CCC(O)CC1)Cc1coc(-c2ccccc2)n1. The number of aliphatic hydroxyl groups is 1. The number of aliphatic hydroxyl groups excluding tert-OH is 1. The summed E-state index contributed by atoms with van der Waals surface area (Å²) in [5.41, 5.74) is 1.74. The van der Waals surface area contributed by atoms with Gasteiger partial charge in [0.2, 0.25) is 11.8 Å². The molecule has 3 rings (SSSR count). The Labute approximate surface area is 141 Å². The molecule has 0 spiro atoms. The highest BCUT2D eigenvalue weighted by molar-refractivity contribution is 5.78. The summed E-state index contributed by atoms with van der Waals surface area (Å²) in [6.45, 7) is 2.16. The number of hydrogen-bond donors (Lipinski definition) is 1. The third-order valence-corrected chi connectivity index (χ3v) is 4.23. The van der Waals surface area contributed by atoms with Crippen LogP contribution in [0.2, 0.25) is 0 Å². The van der Waals surface area contributed by atoms with Gasteiger partial charge in [-0.3, -0.25) is 9.69 Å². The van der Waals surface area contributed by atoms with E-state index in [1.807, 2.05) is 47.2 Å². The Hall–Kier alpha value is -2.18. The molecule has 6 nitrogen and oxygen atoms in total. The lowest BCUT2D eigenvalue weighted by Crippen LogP contribution is -2.44. The van der Waals surface area contributed by atoms with E-state index in [-0.39, 0.29) is 12.0 Å². The fourth-order valence-electron chi connectivity index (χ4n) is 2.87. The van der Waals surface area contributed by atoms with E-state index in [0.29, 0.717) is 44.9 Å². The maximum Gasteiger partial charge on any atom is 0.236 e. The molecule has 1 aliphatic heterocycles. The van der Waals surface area contributed by atoms with Gasteiger partial charge >= 0.3 is 0 Å². The molecular formula is C18H23N3O3. The van der Waals surface area contributed by atoms with E-state index in [1.54, 1.807) is 6.26 Å². The van der Waals surface area contributed by atoms with Crippen molar-refractivity contribution in [2.24, 2.45) is 0 Å². The number of oxazole rings is 1. The average Bonchev–Trinajstić information content (AvgIpc) is 3.04. The molecule has 1 aromatic heterocycles. The van der Waals surface area contributed by atoms with E-state index < -0.39 is 0 Å². The van der Waals surface area contributed by atoms with Crippen molar-refractivity contribution in [3.8, 4) is 11.5 Å². The van der Waals surface area contributed by atoms with Crippen LogP contribution in [-0.4, -0.2) is 58.6 Å². The highest BCUT2D eigenvalue weighted by atomic mass is 16.3. The summed E-state index contributed by atoms with van der Waals surface area (Å²) in [5, 5.41) is 9.51. The zero-order valence-corrected chi connectivity index (χ0v) is 13.9. The number of hydrogen-bond acceptors (Lipinski definition) is 5. The highest BCUT2D eigenvalue weighted by Crippen LogP contribution is 2.18. The Kier molecular flexibility index (Phi) is 5.27. The average molecular weight is 329 g/mol. The zero-order valence-electron chi connectivity index (χ0n) is 13.9. The van der Waals surface area contributed by atoms with Crippen LogP contribution in [0, 0.1) is 0 Å². The number of likely N-dealkylation sites (N-methyl/N-ethyl adjacent to an activating group) is 1. The van der Waals surface area contributed by atoms with Crippen LogP contribution in [-0.2, 0) is 11.3 Å². The van der Waals surface area contributed by atoms with Gasteiger partial charge in [0, 0.05) is 25.2 Å². The van der Waals surface area contributed by atoms with Crippen molar-refractivity contribution in [1.82, 2.24) is 14.8 Å². The van der Waals surface area contributed by atoms with Gasteiger partial charge in [0.1, 0.15) is 6.26 Å². The largest absolute Gasteiger partial charge is 0.444 e. The number of nitrogens with zero attached hydrogens (tertiary/aromatic N) is 3. The Morgan fingerprint density at radius 2 is 2.04 bits per heavy atom. The van der Waals surface area contributed by atoms with E-state index in [9.17, 15) is 9.90 Å². The zero-order chi connectivity index (χ0) is 16.9. The summed E-state index contributed by atoms with van der Waals surface area (Å²) in [4.78, 5) is 20.5. The highest BCUT2D eigenvalue weighted by Gasteiger charge is 2.22. The number of likely N-dealkylation sites (tertiary alicyclic amines) is 1. The number of aromatic nitrogens is 1. The first-order valence-corrected chi connectivity index (χ1v) is 8.26. The molecule has 2 aromatic rings. The third kappa shape index (κ3) is 4.21. The first-order valence-electron chi connectivity index (χ1n) is 8.26. The van der Waals surface area contributed by atoms with Crippen LogP contribution in [0.3, 0.4) is 0 Å². The first-order chi connectivity index (χ1) is 11.6. The number of carbonyl (C=O) groups is 1. The van der Waals surface area contributed by atoms with E-state index >= 15 is 0 Å². The number of rotatable bonds is 5. The summed E-state index contributed by atoms with van der Waals surface area (Å²) in [5.74, 6) is 0.687. The molecule has 0 aliphatic carbocycles. The second kappa shape index (κ2) is 7.59. The van der Waals surface area contributed by atoms with Crippen LogP contribution in [0.25, 0.3) is 11.5 Å². The number of piperidine rings is 1. The molecule has 24 heavy (non-hydrogen) atoms. The Morgan fingerprint density at radius 1 is 1.33 bits per heavy atom. The summed E-state index contributed by atoms with van der Waals surface area (Å²) in [6, 6.07) is 9.74. The van der Waals surface area contributed by atoms with Crippen molar-refractivity contribution < 1.29 is 14.3 Å². The molecule has 1 aromatic carbocycles. The quantitative estimate of drug-likeness (QED) is 0.905. The van der Waals surface area contributed by atoms with Crippen molar-refractivity contribution in [1.29, 1.82) is 0 Å². The topological polar surface area (TPSA) is 69.8 Å². The minimum atomic E-state index is -0.265. The van der Waals surface area contributed by atoms with Crippen LogP contribution in [0.1, 0.15) is 18.5 Å². The van der Waals surface area contributed by atoms with Gasteiger partial charge in [-0.25, -0.2) is 4.98 Å². The molecule has 0 atom stereocenters. The van der Waals surface area contributed by atoms with Gasteiger partial charge in [-0.15, -0.1) is 0 Å². The number of carbonyl (C=O) groups excluding carboxylic acids is 1. The molecule has 1 N–H and O–H groups in total. The lowest BCUT2D eigenvalue weighted by molar-refractivity contribution is -0.134. The van der Waals surface area contributed by atoms with Gasteiger partial charge < -0.3 is 14.4 Å². The Bertz CT molecular complexity index is 663. The van der Waals surface area contributed by atoms with Crippen molar-refractivity contribution in [2.45, 2.75) is 25.5 Å². The van der Waals surface area contributed by atoms with Crippen LogP contribution >= 0.6 is 0 Å². The monoisotopic (exact) mass is 329 g/mol. The number of amides is 1. The summed E-state index contributed by atoms with van der Waals surface area (Å²) in [7, 11) is 1.90. The predicted molar refractivity (Wildman–Crippen MR) is 90.1 cm³/mol. The molecule has 0 unspecified atom stereocenters. The van der Waals surface area contributed by atoms with E-state index in [0.717, 1.165) is 11.3 Å². The van der Waals surface area contributed by atoms with Crippen molar-refractivity contribution in [3.63, 3.8) is 0 Å². The molecule has 0 bridgehead atoms. The molecular weight excluding hydrogens is 306 g/mol. The van der Waals surface area contributed by atoms with E-state index in [1.165, 1.54) is 0 Å². The van der Waals surface area contributed by atoms with Crippen LogP contribution in [0.5, 0.6) is 0 Å². The molecule has 1 aliphatic rings. The lowest BCUT2D eigenvalue weighted by Gasteiger charge is -2.30. The van der Waals surface area contributed by atoms with Gasteiger partial charge in [0.15, 0.2) is 0 Å². The summed E-state index contributed by atoms with van der Waals surface area (Å²) >= 11 is 0. The van der Waals surface area contributed by atoms with E-state index in [4.69, 9.17) is 4.42 Å². The second-order valence-corrected chi connectivity index (χ2v) is 6.29. The lowest BCUT2D eigenvalue weighted by atomic mass is 10.1. The standard InChI is InChI=1S/C18H23N3O3/c1-20(12-17(23)21-9-7-16(22)8-10-21)11-15-13-24-18(19-15)14-5-3-2-4-6-14/h2-6,13,16,22H,7-12H2,1H3. The van der Waals surface area contributed by atoms with Crippen molar-refractivity contribution in [2.75, 3.05) is 26.7 Å². The fourth-order valence-corrected chi connectivity index (χ4v) is 2.87. The fraction of sp³-hybridized carbons (Fsp3) is 0.444. The molecule has 0 saturated carbocycles. The van der Waals surface area contributed by atoms with Crippen LogP contribution in [0.4, 0.5) is 0 Å². The minimum absolute atomic E-state index is 0.0937. The van der Waals surface area contributed by atoms with E-state index in [2.05, 4.69) is 4.98 Å². The van der Waals surface area contributed by atoms with Crippen LogP contribution in [0.15, 0.2) is 41.0 Å². The molecule has 1 amide bonds. The van der Waals surface area contributed by atoms with Gasteiger partial charge in [-0.1, -0.05) is 18.2 Å². The minimum Gasteiger partial charge on any atom is -0.444 e. The maximum absolute atomic E-state index is 12.3. The second-order valence-electron chi connectivity index (χ2n) is 6.29. The smallest absolute Gasteiger partial charge is 0.236 e. The Balaban J connectivity index is 1.53. The number of benzene rings is 1. The predicted octanol–water partition coefficient (Wildman–Crippen LogP) is 1.76. The van der Waals surface area contributed by atoms with Crippen LogP contribution < -0.4 is 0 Å². The normalized spacial score (nSPS) is 15.9. The third-order valence-electron chi connectivity index (χ3n) is 4.23. The summed E-state index contributed by atoms with van der Waals surface area (Å²) in [6.07, 6.45) is 2.71.